The Kier molecular flexibility index (Phi) is 8.64. The van der Waals surface area contributed by atoms with Crippen LogP contribution < -0.4 is 15.1 Å². The highest BCUT2D eigenvalue weighted by Gasteiger charge is 2.36. The van der Waals surface area contributed by atoms with Crippen LogP contribution in [0.25, 0.3) is 0 Å². The number of nitrogens with one attached hydrogen (secondary N) is 1. The van der Waals surface area contributed by atoms with Crippen molar-refractivity contribution in [3.05, 3.63) is 119 Å². The third-order valence-corrected chi connectivity index (χ3v) is 10.1. The average Bonchev–Trinajstić information content (AvgIpc) is 3.12. The van der Waals surface area contributed by atoms with E-state index in [0.29, 0.717) is 31.7 Å². The fraction of sp³-hybridized carbons (Fsp3) is 0.235. The summed E-state index contributed by atoms with van der Waals surface area (Å²) in [7, 11) is -4.12. The zero-order valence-electron chi connectivity index (χ0n) is 24.5. The Labute approximate surface area is 260 Å². The van der Waals surface area contributed by atoms with Crippen molar-refractivity contribution in [1.82, 2.24) is 10.2 Å². The van der Waals surface area contributed by atoms with Crippen LogP contribution in [-0.2, 0) is 16.4 Å². The second-order valence-corrected chi connectivity index (χ2v) is 12.9. The highest BCUT2D eigenvalue weighted by molar-refractivity contribution is 7.91. The molecule has 2 aliphatic heterocycles. The van der Waals surface area contributed by atoms with E-state index >= 15 is 0 Å². The van der Waals surface area contributed by atoms with Crippen molar-refractivity contribution in [3.8, 4) is 0 Å². The van der Waals surface area contributed by atoms with E-state index in [1.807, 2.05) is 11.0 Å². The summed E-state index contributed by atoms with van der Waals surface area (Å²) in [5.74, 6) is -1.79. The van der Waals surface area contributed by atoms with Gasteiger partial charge < -0.3 is 15.1 Å². The van der Waals surface area contributed by atoms with E-state index in [2.05, 4.69) is 10.2 Å². The van der Waals surface area contributed by atoms with Gasteiger partial charge >= 0.3 is 0 Å². The van der Waals surface area contributed by atoms with Crippen LogP contribution in [0, 0.1) is 11.6 Å². The summed E-state index contributed by atoms with van der Waals surface area (Å²) in [6.45, 7) is 3.86. The van der Waals surface area contributed by atoms with Gasteiger partial charge in [-0.15, -0.1) is 0 Å². The van der Waals surface area contributed by atoms with Crippen LogP contribution in [0.5, 0.6) is 0 Å². The second-order valence-electron chi connectivity index (χ2n) is 11.1. The summed E-state index contributed by atoms with van der Waals surface area (Å²) in [5.41, 5.74) is 0.986. The summed E-state index contributed by atoms with van der Waals surface area (Å²) < 4.78 is 56.2. The first-order valence-electron chi connectivity index (χ1n) is 14.8. The molecule has 0 radical (unpaired) electrons. The van der Waals surface area contributed by atoms with E-state index in [1.165, 1.54) is 59.5 Å². The molecule has 2 aliphatic rings. The van der Waals surface area contributed by atoms with Gasteiger partial charge in [0, 0.05) is 43.9 Å². The Bertz CT molecular complexity index is 1860. The molecule has 1 N–H and O–H groups in total. The van der Waals surface area contributed by atoms with Gasteiger partial charge in [-0.25, -0.2) is 17.2 Å². The Morgan fingerprint density at radius 1 is 0.778 bits per heavy atom. The predicted molar refractivity (Wildman–Crippen MR) is 167 cm³/mol. The topological polar surface area (TPSA) is 90.0 Å². The lowest BCUT2D eigenvalue weighted by molar-refractivity contribution is 0.0947. The number of carbonyl (C=O) groups excluding carboxylic acids is 2. The van der Waals surface area contributed by atoms with Crippen LogP contribution in [0.1, 0.15) is 32.7 Å². The van der Waals surface area contributed by atoms with Crippen molar-refractivity contribution < 1.29 is 26.8 Å². The molecule has 4 aromatic carbocycles. The first-order chi connectivity index (χ1) is 21.7. The molecule has 0 spiro atoms. The molecule has 0 unspecified atom stereocenters. The first-order valence-corrected chi connectivity index (χ1v) is 16.3. The zero-order valence-corrected chi connectivity index (χ0v) is 25.3. The molecule has 0 aliphatic carbocycles. The van der Waals surface area contributed by atoms with Crippen molar-refractivity contribution >= 4 is 33.0 Å². The number of rotatable bonds is 8. The second kappa shape index (κ2) is 12.8. The molecular formula is C34H32F2N4O4S. The van der Waals surface area contributed by atoms with Gasteiger partial charge in [0.2, 0.25) is 9.84 Å². The van der Waals surface area contributed by atoms with Gasteiger partial charge in [0.25, 0.3) is 11.8 Å². The number of carbonyl (C=O) groups is 2. The highest BCUT2D eigenvalue weighted by Crippen LogP contribution is 2.38. The Morgan fingerprint density at radius 3 is 2.22 bits per heavy atom. The standard InChI is InChI=1S/C34H32F2N4O4S/c35-27-10-3-1-8-25(27)23-40-30-22-24(14-15-32(30)45(43,44)31-13-6-2-9-26(31)34(40)42)33(41)37-16-7-17-38-18-20-39(21-19-38)29-12-5-4-11-28(29)36/h1-6,8-15,22H,7,16-21,23H2,(H,37,41). The van der Waals surface area contributed by atoms with E-state index in [-0.39, 0.29) is 44.5 Å². The van der Waals surface area contributed by atoms with Crippen LogP contribution in [0.15, 0.2) is 101 Å². The van der Waals surface area contributed by atoms with Crippen molar-refractivity contribution in [2.45, 2.75) is 22.8 Å². The lowest BCUT2D eigenvalue weighted by Crippen LogP contribution is -2.47. The number of benzene rings is 4. The van der Waals surface area contributed by atoms with E-state index in [1.54, 1.807) is 30.3 Å². The number of fused-ring (bicyclic) bond motifs is 2. The van der Waals surface area contributed by atoms with Gasteiger partial charge in [-0.05, 0) is 61.5 Å². The van der Waals surface area contributed by atoms with E-state index in [9.17, 15) is 26.8 Å². The summed E-state index contributed by atoms with van der Waals surface area (Å²) in [6, 6.07) is 22.8. The fourth-order valence-electron chi connectivity index (χ4n) is 5.83. The Morgan fingerprint density at radius 2 is 1.47 bits per heavy atom. The minimum Gasteiger partial charge on any atom is -0.367 e. The molecule has 2 heterocycles. The van der Waals surface area contributed by atoms with Crippen molar-refractivity contribution in [1.29, 1.82) is 0 Å². The molecule has 4 aromatic rings. The first kappa shape index (κ1) is 30.4. The number of hydrogen-bond donors (Lipinski definition) is 1. The number of hydrogen-bond acceptors (Lipinski definition) is 6. The number of piperazine rings is 1. The van der Waals surface area contributed by atoms with Crippen LogP contribution in [-0.4, -0.2) is 64.4 Å². The SMILES string of the molecule is O=C(NCCCN1CCN(c2ccccc2F)CC1)c1ccc2c(c1)N(Cc1ccccc1F)C(=O)c1ccccc1S2(=O)=O. The van der Waals surface area contributed by atoms with Gasteiger partial charge in [-0.2, -0.15) is 0 Å². The molecule has 0 bridgehead atoms. The predicted octanol–water partition coefficient (Wildman–Crippen LogP) is 4.90. The largest absolute Gasteiger partial charge is 0.367 e. The Hall–Kier alpha value is -4.61. The minimum absolute atomic E-state index is 0.0137. The number of anilines is 2. The number of halogens is 2. The van der Waals surface area contributed by atoms with E-state index in [0.717, 1.165) is 19.6 Å². The monoisotopic (exact) mass is 630 g/mol. The maximum atomic E-state index is 14.7. The molecule has 6 rings (SSSR count). The molecular weight excluding hydrogens is 598 g/mol. The van der Waals surface area contributed by atoms with Crippen molar-refractivity contribution in [2.75, 3.05) is 49.1 Å². The van der Waals surface area contributed by atoms with Crippen LogP contribution in [0.3, 0.4) is 0 Å². The maximum absolute atomic E-state index is 14.7. The Balaban J connectivity index is 1.15. The minimum atomic E-state index is -4.12. The molecule has 8 nitrogen and oxygen atoms in total. The maximum Gasteiger partial charge on any atom is 0.259 e. The average molecular weight is 631 g/mol. The molecule has 0 saturated carbocycles. The van der Waals surface area contributed by atoms with Crippen LogP contribution >= 0.6 is 0 Å². The number of nitrogens with zero attached hydrogens (tertiary/aromatic N) is 3. The quantitative estimate of drug-likeness (QED) is 0.279. The van der Waals surface area contributed by atoms with Gasteiger partial charge in [-0.3, -0.25) is 14.5 Å². The van der Waals surface area contributed by atoms with Crippen molar-refractivity contribution in [2.24, 2.45) is 0 Å². The molecule has 11 heteroatoms. The molecule has 1 fully saturated rings. The molecule has 2 amide bonds. The molecule has 45 heavy (non-hydrogen) atoms. The summed E-state index contributed by atoms with van der Waals surface area (Å²) >= 11 is 0. The lowest BCUT2D eigenvalue weighted by Gasteiger charge is -2.36. The third-order valence-electron chi connectivity index (χ3n) is 8.24. The van der Waals surface area contributed by atoms with Gasteiger partial charge in [0.15, 0.2) is 0 Å². The van der Waals surface area contributed by atoms with Crippen LogP contribution in [0.2, 0.25) is 0 Å². The lowest BCUT2D eigenvalue weighted by atomic mass is 10.1. The van der Waals surface area contributed by atoms with E-state index in [4.69, 9.17) is 0 Å². The molecule has 0 aromatic heterocycles. The number of amides is 2. The molecule has 0 atom stereocenters. The number of sulfone groups is 1. The van der Waals surface area contributed by atoms with Gasteiger partial charge in [0.1, 0.15) is 11.6 Å². The summed E-state index contributed by atoms with van der Waals surface area (Å²) in [4.78, 5) is 32.2. The molecule has 232 valence electrons. The summed E-state index contributed by atoms with van der Waals surface area (Å²) in [5, 5.41) is 2.89. The normalized spacial score (nSPS) is 16.1. The number of para-hydroxylation sites is 1. The van der Waals surface area contributed by atoms with Crippen molar-refractivity contribution in [3.63, 3.8) is 0 Å². The van der Waals surface area contributed by atoms with E-state index < -0.39 is 27.5 Å². The zero-order chi connectivity index (χ0) is 31.6. The molecule has 1 saturated heterocycles. The van der Waals surface area contributed by atoms with Gasteiger partial charge in [0.05, 0.1) is 33.3 Å². The highest BCUT2D eigenvalue weighted by atomic mass is 32.2. The van der Waals surface area contributed by atoms with Gasteiger partial charge in [-0.1, -0.05) is 42.5 Å². The fourth-order valence-corrected chi connectivity index (χ4v) is 7.46. The summed E-state index contributed by atoms with van der Waals surface area (Å²) in [6.07, 6.45) is 0.679. The smallest absolute Gasteiger partial charge is 0.259 e. The van der Waals surface area contributed by atoms with Crippen LogP contribution in [0.4, 0.5) is 20.2 Å². The third kappa shape index (κ3) is 6.18.